The predicted molar refractivity (Wildman–Crippen MR) is 131 cm³/mol. The van der Waals surface area contributed by atoms with Crippen LogP contribution in [0, 0.1) is 0 Å². The van der Waals surface area contributed by atoms with Crippen LogP contribution in [-0.2, 0) is 13.2 Å². The van der Waals surface area contributed by atoms with Crippen LogP contribution in [0.3, 0.4) is 0 Å². The lowest BCUT2D eigenvalue weighted by Gasteiger charge is -2.22. The fourth-order valence-corrected chi connectivity index (χ4v) is 4.61. The summed E-state index contributed by atoms with van der Waals surface area (Å²) in [6, 6.07) is 12.6. The highest BCUT2D eigenvalue weighted by atomic mass is 79.9. The molecule has 6 heteroatoms. The summed E-state index contributed by atoms with van der Waals surface area (Å²) in [6.45, 7) is 3.83. The van der Waals surface area contributed by atoms with Gasteiger partial charge in [0.25, 0.3) is 0 Å². The van der Waals surface area contributed by atoms with Crippen molar-refractivity contribution in [2.24, 2.45) is 0 Å². The molecule has 2 aromatic carbocycles. The van der Waals surface area contributed by atoms with Crippen molar-refractivity contribution in [2.45, 2.75) is 71.1 Å². The minimum absolute atomic E-state index is 0. The summed E-state index contributed by atoms with van der Waals surface area (Å²) in [4.78, 5) is 0. The van der Waals surface area contributed by atoms with Gasteiger partial charge in [-0.05, 0) is 59.5 Å². The van der Waals surface area contributed by atoms with Crippen molar-refractivity contribution in [1.29, 1.82) is 0 Å². The maximum absolute atomic E-state index is 6.26. The van der Waals surface area contributed by atoms with Crippen LogP contribution in [0.5, 0.6) is 11.5 Å². The Morgan fingerprint density at radius 3 is 2.43 bits per heavy atom. The second-order valence-electron chi connectivity index (χ2n) is 7.64. The van der Waals surface area contributed by atoms with Crippen molar-refractivity contribution in [1.82, 2.24) is 5.32 Å². The van der Waals surface area contributed by atoms with Crippen LogP contribution >= 0.6 is 39.9 Å². The average molecular weight is 517 g/mol. The van der Waals surface area contributed by atoms with Gasteiger partial charge in [0.2, 0.25) is 0 Å². The summed E-state index contributed by atoms with van der Waals surface area (Å²) in [5, 5.41) is 4.46. The van der Waals surface area contributed by atoms with E-state index in [0.29, 0.717) is 24.3 Å². The van der Waals surface area contributed by atoms with E-state index in [4.69, 9.17) is 21.1 Å². The number of hydrogen-bond donors (Lipinski definition) is 1. The second-order valence-corrected chi connectivity index (χ2v) is 8.90. The molecule has 0 bridgehead atoms. The van der Waals surface area contributed by atoms with E-state index in [1.165, 1.54) is 50.5 Å². The van der Waals surface area contributed by atoms with Crippen LogP contribution in [0.15, 0.2) is 40.9 Å². The normalized spacial score (nSPS) is 15.0. The van der Waals surface area contributed by atoms with Crippen molar-refractivity contribution < 1.29 is 9.47 Å². The highest BCUT2D eigenvalue weighted by Gasteiger charge is 2.15. The molecule has 1 aliphatic carbocycles. The summed E-state index contributed by atoms with van der Waals surface area (Å²) >= 11 is 9.95. The van der Waals surface area contributed by atoms with Crippen molar-refractivity contribution in [3.8, 4) is 11.5 Å². The zero-order valence-corrected chi connectivity index (χ0v) is 20.8. The molecule has 0 amide bonds. The van der Waals surface area contributed by atoms with Gasteiger partial charge in [0, 0.05) is 23.2 Å². The van der Waals surface area contributed by atoms with E-state index < -0.39 is 0 Å². The molecule has 0 saturated heterocycles. The van der Waals surface area contributed by atoms with Crippen LogP contribution < -0.4 is 14.8 Å². The fraction of sp³-hybridized carbons (Fsp3) is 0.500. The molecule has 0 aromatic heterocycles. The first-order valence-corrected chi connectivity index (χ1v) is 11.9. The minimum atomic E-state index is 0. The van der Waals surface area contributed by atoms with Crippen molar-refractivity contribution in [3.05, 3.63) is 57.0 Å². The van der Waals surface area contributed by atoms with Crippen LogP contribution in [0.4, 0.5) is 0 Å². The standard InChI is InChI=1S/C24H31BrClNO2.ClH/c1-2-28-23-15-18(16-27-20-11-6-4-3-5-7-12-20)14-21(25)24(23)29-17-19-10-8-9-13-22(19)26;/h8-10,13-15,20,27H,2-7,11-12,16-17H2,1H3;1H. The van der Waals surface area contributed by atoms with Gasteiger partial charge in [-0.1, -0.05) is 61.9 Å². The minimum Gasteiger partial charge on any atom is -0.490 e. The lowest BCUT2D eigenvalue weighted by Crippen LogP contribution is -2.29. The highest BCUT2D eigenvalue weighted by Crippen LogP contribution is 2.38. The molecule has 0 spiro atoms. The summed E-state index contributed by atoms with van der Waals surface area (Å²) < 4.78 is 12.9. The Bertz CT molecular complexity index is 780. The molecule has 0 aliphatic heterocycles. The topological polar surface area (TPSA) is 30.5 Å². The molecule has 0 heterocycles. The number of rotatable bonds is 8. The SMILES string of the molecule is CCOc1cc(CNC2CCCCCCC2)cc(Br)c1OCc1ccccc1Cl.Cl. The van der Waals surface area contributed by atoms with Gasteiger partial charge >= 0.3 is 0 Å². The van der Waals surface area contributed by atoms with E-state index in [1.807, 2.05) is 31.2 Å². The average Bonchev–Trinajstić information content (AvgIpc) is 2.68. The van der Waals surface area contributed by atoms with E-state index in [2.05, 4.69) is 33.4 Å². The molecule has 166 valence electrons. The van der Waals surface area contributed by atoms with Gasteiger partial charge in [-0.3, -0.25) is 0 Å². The lowest BCUT2D eigenvalue weighted by atomic mass is 9.96. The first-order valence-electron chi connectivity index (χ1n) is 10.7. The molecule has 0 radical (unpaired) electrons. The van der Waals surface area contributed by atoms with Crippen LogP contribution in [0.1, 0.15) is 63.0 Å². The van der Waals surface area contributed by atoms with Gasteiger partial charge in [-0.25, -0.2) is 0 Å². The predicted octanol–water partition coefficient (Wildman–Crippen LogP) is 7.70. The first-order chi connectivity index (χ1) is 14.2. The molecule has 2 aromatic rings. The highest BCUT2D eigenvalue weighted by molar-refractivity contribution is 9.10. The largest absolute Gasteiger partial charge is 0.490 e. The zero-order valence-electron chi connectivity index (χ0n) is 17.6. The Kier molecular flexibility index (Phi) is 11.4. The number of halogens is 3. The van der Waals surface area contributed by atoms with Crippen molar-refractivity contribution >= 4 is 39.9 Å². The molecule has 1 saturated carbocycles. The zero-order chi connectivity index (χ0) is 20.5. The van der Waals surface area contributed by atoms with E-state index >= 15 is 0 Å². The van der Waals surface area contributed by atoms with E-state index in [1.54, 1.807) is 0 Å². The second kappa shape index (κ2) is 13.5. The quantitative estimate of drug-likeness (QED) is 0.389. The fourth-order valence-electron chi connectivity index (χ4n) is 3.81. The molecule has 0 unspecified atom stereocenters. The molecular formula is C24H32BrCl2NO2. The van der Waals surface area contributed by atoms with Gasteiger partial charge in [-0.2, -0.15) is 0 Å². The maximum atomic E-state index is 6.26. The molecular weight excluding hydrogens is 485 g/mol. The smallest absolute Gasteiger partial charge is 0.175 e. The maximum Gasteiger partial charge on any atom is 0.175 e. The molecule has 0 atom stereocenters. The lowest BCUT2D eigenvalue weighted by molar-refractivity contribution is 0.267. The number of nitrogens with one attached hydrogen (secondary N) is 1. The summed E-state index contributed by atoms with van der Waals surface area (Å²) in [5.41, 5.74) is 2.16. The van der Waals surface area contributed by atoms with E-state index in [-0.39, 0.29) is 12.4 Å². The first kappa shape index (κ1) is 25.3. The van der Waals surface area contributed by atoms with Crippen molar-refractivity contribution in [2.75, 3.05) is 6.61 Å². The summed E-state index contributed by atoms with van der Waals surface area (Å²) in [6.07, 6.45) is 9.36. The van der Waals surface area contributed by atoms with Gasteiger partial charge in [0.1, 0.15) is 6.61 Å². The van der Waals surface area contributed by atoms with Gasteiger partial charge in [0.05, 0.1) is 11.1 Å². The number of ether oxygens (including phenoxy) is 2. The number of hydrogen-bond acceptors (Lipinski definition) is 3. The van der Waals surface area contributed by atoms with Crippen LogP contribution in [-0.4, -0.2) is 12.6 Å². The molecule has 3 nitrogen and oxygen atoms in total. The van der Waals surface area contributed by atoms with Gasteiger partial charge in [0.15, 0.2) is 11.5 Å². The van der Waals surface area contributed by atoms with Crippen LogP contribution in [0.2, 0.25) is 5.02 Å². The molecule has 3 rings (SSSR count). The number of benzene rings is 2. The Hall–Kier alpha value is -0.940. The summed E-state index contributed by atoms with van der Waals surface area (Å²) in [7, 11) is 0. The van der Waals surface area contributed by atoms with E-state index in [9.17, 15) is 0 Å². The Morgan fingerprint density at radius 1 is 1.03 bits per heavy atom. The third kappa shape index (κ3) is 7.64. The molecule has 1 aliphatic rings. The Labute approximate surface area is 200 Å². The van der Waals surface area contributed by atoms with E-state index in [0.717, 1.165) is 28.1 Å². The van der Waals surface area contributed by atoms with Crippen molar-refractivity contribution in [3.63, 3.8) is 0 Å². The van der Waals surface area contributed by atoms with Gasteiger partial charge < -0.3 is 14.8 Å². The molecule has 1 fully saturated rings. The molecule has 30 heavy (non-hydrogen) atoms. The molecule has 1 N–H and O–H groups in total. The Morgan fingerprint density at radius 2 is 1.73 bits per heavy atom. The third-order valence-electron chi connectivity index (χ3n) is 5.40. The summed E-state index contributed by atoms with van der Waals surface area (Å²) in [5.74, 6) is 1.49. The monoisotopic (exact) mass is 515 g/mol. The Balaban J connectivity index is 0.00000320. The van der Waals surface area contributed by atoms with Crippen LogP contribution in [0.25, 0.3) is 0 Å². The third-order valence-corrected chi connectivity index (χ3v) is 6.36. The van der Waals surface area contributed by atoms with Gasteiger partial charge in [-0.15, -0.1) is 12.4 Å².